The zero-order valence-electron chi connectivity index (χ0n) is 22.2. The maximum Gasteiger partial charge on any atom is 0.253 e. The van der Waals surface area contributed by atoms with Gasteiger partial charge in [0.1, 0.15) is 11.5 Å². The number of nitrogens with zero attached hydrogens (tertiary/aromatic N) is 6. The fourth-order valence-corrected chi connectivity index (χ4v) is 5.01. The van der Waals surface area contributed by atoms with Gasteiger partial charge in [0, 0.05) is 43.1 Å². The molecule has 0 saturated carbocycles. The van der Waals surface area contributed by atoms with Crippen LogP contribution in [0.1, 0.15) is 10.4 Å². The van der Waals surface area contributed by atoms with Crippen LogP contribution in [-0.2, 0) is 4.79 Å². The number of hydrogen-bond donors (Lipinski definition) is 1. The Balaban J connectivity index is 1.10. The van der Waals surface area contributed by atoms with Gasteiger partial charge in [0.2, 0.25) is 11.1 Å². The minimum absolute atomic E-state index is 0.0243. The van der Waals surface area contributed by atoms with Gasteiger partial charge in [0.05, 0.1) is 25.7 Å². The summed E-state index contributed by atoms with van der Waals surface area (Å²) in [5, 5.41) is 15.2. The molecule has 2 amide bonds. The monoisotopic (exact) mass is 559 g/mol. The number of rotatable bonds is 9. The summed E-state index contributed by atoms with van der Waals surface area (Å²) >= 11 is 1.25. The highest BCUT2D eigenvalue weighted by atomic mass is 32.2. The topological polar surface area (TPSA) is 115 Å². The second kappa shape index (κ2) is 12.5. The lowest BCUT2D eigenvalue weighted by atomic mass is 10.1. The third kappa shape index (κ3) is 6.34. The minimum atomic E-state index is -0.160. The van der Waals surface area contributed by atoms with Crippen LogP contribution in [0.4, 0.5) is 11.4 Å². The second-order valence-electron chi connectivity index (χ2n) is 8.96. The molecule has 1 N–H and O–H groups in total. The Hall–Kier alpha value is -4.58. The van der Waals surface area contributed by atoms with Crippen molar-refractivity contribution in [2.24, 2.45) is 0 Å². The quantitative estimate of drug-likeness (QED) is 0.308. The Morgan fingerprint density at radius 3 is 2.05 bits per heavy atom. The number of ether oxygens (including phenoxy) is 2. The molecular weight excluding hydrogens is 530 g/mol. The van der Waals surface area contributed by atoms with Crippen molar-refractivity contribution < 1.29 is 19.1 Å². The largest absolute Gasteiger partial charge is 0.497 e. The molecule has 11 nitrogen and oxygen atoms in total. The molecule has 4 aromatic rings. The van der Waals surface area contributed by atoms with Crippen LogP contribution < -0.4 is 19.7 Å². The van der Waals surface area contributed by atoms with E-state index in [0.29, 0.717) is 29.5 Å². The van der Waals surface area contributed by atoms with Crippen LogP contribution in [0.2, 0.25) is 0 Å². The average Bonchev–Trinajstić information content (AvgIpc) is 3.49. The lowest BCUT2D eigenvalue weighted by molar-refractivity contribution is -0.113. The van der Waals surface area contributed by atoms with Crippen LogP contribution >= 0.6 is 11.8 Å². The second-order valence-corrected chi connectivity index (χ2v) is 9.91. The predicted molar refractivity (Wildman–Crippen MR) is 153 cm³/mol. The molecule has 1 saturated heterocycles. The highest BCUT2D eigenvalue weighted by molar-refractivity contribution is 7.99. The molecule has 0 unspecified atom stereocenters. The zero-order valence-corrected chi connectivity index (χ0v) is 23.0. The highest BCUT2D eigenvalue weighted by Crippen LogP contribution is 2.23. The molecule has 0 spiro atoms. The van der Waals surface area contributed by atoms with Crippen LogP contribution in [0.3, 0.4) is 0 Å². The fraction of sp³-hybridized carbons (Fsp3) is 0.250. The third-order valence-electron chi connectivity index (χ3n) is 6.51. The molecule has 12 heteroatoms. The summed E-state index contributed by atoms with van der Waals surface area (Å²) in [6.07, 6.45) is 0. The summed E-state index contributed by atoms with van der Waals surface area (Å²) in [7, 11) is 3.21. The number of nitrogens with one attached hydrogen (secondary N) is 1. The molecule has 40 heavy (non-hydrogen) atoms. The first-order valence-electron chi connectivity index (χ1n) is 12.7. The number of hydrogen-bond acceptors (Lipinski definition) is 9. The van der Waals surface area contributed by atoms with E-state index in [1.165, 1.54) is 11.8 Å². The standard InChI is InChI=1S/C28H29N7O4S/c1-38-24-11-3-20(4-12-24)27(37)34-17-15-33(16-18-34)22-7-5-21(6-8-22)29-26(36)19-40-28-30-31-32-35(28)23-9-13-25(39-2)14-10-23/h3-14H,15-19H2,1-2H3,(H,29,36). The molecule has 3 aromatic carbocycles. The first kappa shape index (κ1) is 27.0. The molecular formula is C28H29N7O4S. The summed E-state index contributed by atoms with van der Waals surface area (Å²) in [6, 6.07) is 22.3. The maximum absolute atomic E-state index is 12.8. The summed E-state index contributed by atoms with van der Waals surface area (Å²) < 4.78 is 11.9. The molecule has 5 rings (SSSR count). The number of benzene rings is 3. The van der Waals surface area contributed by atoms with E-state index in [0.717, 1.165) is 36.0 Å². The van der Waals surface area contributed by atoms with Crippen LogP contribution in [0.25, 0.3) is 5.69 Å². The van der Waals surface area contributed by atoms with Gasteiger partial charge < -0.3 is 24.6 Å². The first-order valence-corrected chi connectivity index (χ1v) is 13.7. The molecule has 1 aromatic heterocycles. The molecule has 1 aliphatic heterocycles. The van der Waals surface area contributed by atoms with Gasteiger partial charge in [0.15, 0.2) is 0 Å². The van der Waals surface area contributed by atoms with Crippen LogP contribution in [0.5, 0.6) is 11.5 Å². The Kier molecular flexibility index (Phi) is 8.45. The predicted octanol–water partition coefficient (Wildman–Crippen LogP) is 3.37. The highest BCUT2D eigenvalue weighted by Gasteiger charge is 2.22. The van der Waals surface area contributed by atoms with E-state index in [9.17, 15) is 9.59 Å². The number of anilines is 2. The van der Waals surface area contributed by atoms with Crippen LogP contribution in [-0.4, -0.2) is 83.1 Å². The number of tetrazole rings is 1. The van der Waals surface area contributed by atoms with E-state index in [1.54, 1.807) is 43.2 Å². The molecule has 0 aliphatic carbocycles. The molecule has 2 heterocycles. The van der Waals surface area contributed by atoms with Gasteiger partial charge in [-0.05, 0) is 83.2 Å². The Bertz CT molecular complexity index is 1440. The molecule has 0 bridgehead atoms. The molecule has 0 atom stereocenters. The van der Waals surface area contributed by atoms with Crippen molar-refractivity contribution in [1.29, 1.82) is 0 Å². The number of carbonyl (C=O) groups excluding carboxylic acids is 2. The van der Waals surface area contributed by atoms with Gasteiger partial charge in [-0.3, -0.25) is 9.59 Å². The lowest BCUT2D eigenvalue weighted by Gasteiger charge is -2.36. The van der Waals surface area contributed by atoms with Gasteiger partial charge in [-0.1, -0.05) is 11.8 Å². The number of piperazine rings is 1. The summed E-state index contributed by atoms with van der Waals surface area (Å²) in [4.78, 5) is 29.5. The normalized spacial score (nSPS) is 13.2. The maximum atomic E-state index is 12.8. The van der Waals surface area contributed by atoms with Crippen LogP contribution in [0.15, 0.2) is 78.0 Å². The van der Waals surface area contributed by atoms with Crippen molar-refractivity contribution in [3.05, 3.63) is 78.4 Å². The molecule has 0 radical (unpaired) electrons. The third-order valence-corrected chi connectivity index (χ3v) is 7.43. The van der Waals surface area contributed by atoms with Gasteiger partial charge in [0.25, 0.3) is 5.91 Å². The smallest absolute Gasteiger partial charge is 0.253 e. The van der Waals surface area contributed by atoms with Gasteiger partial charge in [-0.15, -0.1) is 5.10 Å². The van der Waals surface area contributed by atoms with E-state index in [4.69, 9.17) is 9.47 Å². The first-order chi connectivity index (χ1) is 19.5. The molecule has 1 fully saturated rings. The van der Waals surface area contributed by atoms with Gasteiger partial charge in [-0.25, -0.2) is 0 Å². The van der Waals surface area contributed by atoms with E-state index in [1.807, 2.05) is 53.4 Å². The summed E-state index contributed by atoms with van der Waals surface area (Å²) in [5.41, 5.74) is 3.18. The van der Waals surface area contributed by atoms with Crippen molar-refractivity contribution >= 4 is 35.0 Å². The number of thioether (sulfide) groups is 1. The van der Waals surface area contributed by atoms with E-state index in [2.05, 4.69) is 25.7 Å². The fourth-order valence-electron chi connectivity index (χ4n) is 4.32. The van der Waals surface area contributed by atoms with Crippen molar-refractivity contribution in [3.63, 3.8) is 0 Å². The van der Waals surface area contributed by atoms with E-state index >= 15 is 0 Å². The Labute approximate surface area is 236 Å². The zero-order chi connectivity index (χ0) is 27.9. The summed E-state index contributed by atoms with van der Waals surface area (Å²) in [6.45, 7) is 2.73. The number of aromatic nitrogens is 4. The van der Waals surface area contributed by atoms with Crippen molar-refractivity contribution in [1.82, 2.24) is 25.1 Å². The van der Waals surface area contributed by atoms with Gasteiger partial charge in [-0.2, -0.15) is 4.68 Å². The SMILES string of the molecule is COc1ccc(C(=O)N2CCN(c3ccc(NC(=O)CSc4nnnn4-c4ccc(OC)cc4)cc3)CC2)cc1. The average molecular weight is 560 g/mol. The van der Waals surface area contributed by atoms with E-state index in [-0.39, 0.29) is 17.6 Å². The molecule has 206 valence electrons. The molecule has 1 aliphatic rings. The lowest BCUT2D eigenvalue weighted by Crippen LogP contribution is -2.48. The minimum Gasteiger partial charge on any atom is -0.497 e. The van der Waals surface area contributed by atoms with Crippen molar-refractivity contribution in [2.45, 2.75) is 5.16 Å². The summed E-state index contributed by atoms with van der Waals surface area (Å²) in [5.74, 6) is 1.48. The van der Waals surface area contributed by atoms with Crippen LogP contribution in [0, 0.1) is 0 Å². The van der Waals surface area contributed by atoms with Crippen molar-refractivity contribution in [3.8, 4) is 17.2 Å². The van der Waals surface area contributed by atoms with Crippen molar-refractivity contribution in [2.75, 3.05) is 56.4 Å². The number of methoxy groups -OCH3 is 2. The Morgan fingerprint density at radius 2 is 1.43 bits per heavy atom. The number of amides is 2. The Morgan fingerprint density at radius 1 is 0.825 bits per heavy atom. The van der Waals surface area contributed by atoms with E-state index < -0.39 is 0 Å². The number of carbonyl (C=O) groups is 2. The van der Waals surface area contributed by atoms with Gasteiger partial charge >= 0.3 is 0 Å².